The number of aromatic amines is 1. The molecule has 4 aromatic rings. The van der Waals surface area contributed by atoms with E-state index in [0.29, 0.717) is 6.61 Å². The first kappa shape index (κ1) is 13.6. The fraction of sp³-hybridized carbons (Fsp3) is 0.111. The van der Waals surface area contributed by atoms with Crippen LogP contribution in [-0.4, -0.2) is 19.6 Å². The van der Waals surface area contributed by atoms with Gasteiger partial charge >= 0.3 is 0 Å². The number of hydrogen-bond acceptors (Lipinski definition) is 3. The van der Waals surface area contributed by atoms with E-state index >= 15 is 0 Å². The predicted octanol–water partition coefficient (Wildman–Crippen LogP) is 3.61. The zero-order valence-corrected chi connectivity index (χ0v) is 12.7. The number of pyridine rings is 1. The van der Waals surface area contributed by atoms with Crippen LogP contribution in [0.3, 0.4) is 0 Å². The van der Waals surface area contributed by atoms with Gasteiger partial charge in [0, 0.05) is 12.4 Å². The molecule has 0 fully saturated rings. The number of aryl methyl sites for hydroxylation is 1. The number of benzene rings is 1. The fourth-order valence-electron chi connectivity index (χ4n) is 2.72. The quantitative estimate of drug-likeness (QED) is 0.626. The summed E-state index contributed by atoms with van der Waals surface area (Å²) < 4.78 is 8.01. The number of hydrogen-bond donors (Lipinski definition) is 1. The molecule has 0 atom stereocenters. The van der Waals surface area contributed by atoms with Crippen LogP contribution in [0.2, 0.25) is 0 Å². The molecule has 0 aliphatic heterocycles. The summed E-state index contributed by atoms with van der Waals surface area (Å²) in [5.74, 6) is 0.769. The molecule has 3 heterocycles. The zero-order chi connectivity index (χ0) is 15.6. The van der Waals surface area contributed by atoms with E-state index in [0.717, 1.165) is 34.0 Å². The van der Waals surface area contributed by atoms with E-state index in [1.165, 1.54) is 0 Å². The third-order valence-electron chi connectivity index (χ3n) is 3.78. The van der Waals surface area contributed by atoms with Gasteiger partial charge in [-0.25, -0.2) is 4.98 Å². The Hall–Kier alpha value is -3.08. The molecule has 114 valence electrons. The average molecular weight is 304 g/mol. The molecule has 0 unspecified atom stereocenters. The molecule has 0 saturated heterocycles. The monoisotopic (exact) mass is 304 g/mol. The highest BCUT2D eigenvalue weighted by atomic mass is 16.5. The highest BCUT2D eigenvalue weighted by Crippen LogP contribution is 2.28. The maximum Gasteiger partial charge on any atom is 0.180 e. The van der Waals surface area contributed by atoms with Crippen molar-refractivity contribution in [2.45, 2.75) is 13.5 Å². The first-order chi connectivity index (χ1) is 11.3. The van der Waals surface area contributed by atoms with Gasteiger partial charge in [0.25, 0.3) is 0 Å². The summed E-state index contributed by atoms with van der Waals surface area (Å²) in [4.78, 5) is 4.67. The second-order valence-electron chi connectivity index (χ2n) is 5.36. The van der Waals surface area contributed by atoms with Crippen molar-refractivity contribution in [1.82, 2.24) is 19.6 Å². The van der Waals surface area contributed by atoms with Gasteiger partial charge in [0.05, 0.1) is 17.1 Å². The summed E-state index contributed by atoms with van der Waals surface area (Å²) in [7, 11) is 0. The minimum atomic E-state index is 0.520. The number of ether oxygens (including phenoxy) is 1. The van der Waals surface area contributed by atoms with Crippen molar-refractivity contribution >= 4 is 5.65 Å². The highest BCUT2D eigenvalue weighted by molar-refractivity contribution is 5.67. The van der Waals surface area contributed by atoms with Gasteiger partial charge in [-0.2, -0.15) is 5.10 Å². The Labute approximate surface area is 133 Å². The SMILES string of the molecule is Cc1nc2c(OCc3ccccc3)cccn2c1-c1ccn[nH]1. The van der Waals surface area contributed by atoms with Crippen LogP contribution in [0.25, 0.3) is 17.0 Å². The van der Waals surface area contributed by atoms with E-state index in [2.05, 4.69) is 15.2 Å². The van der Waals surface area contributed by atoms with E-state index in [1.54, 1.807) is 6.20 Å². The fourth-order valence-corrected chi connectivity index (χ4v) is 2.72. The lowest BCUT2D eigenvalue weighted by molar-refractivity contribution is 0.308. The van der Waals surface area contributed by atoms with Crippen molar-refractivity contribution in [1.29, 1.82) is 0 Å². The molecule has 5 heteroatoms. The van der Waals surface area contributed by atoms with E-state index in [9.17, 15) is 0 Å². The van der Waals surface area contributed by atoms with E-state index in [4.69, 9.17) is 4.74 Å². The van der Waals surface area contributed by atoms with Crippen LogP contribution >= 0.6 is 0 Å². The summed E-state index contributed by atoms with van der Waals surface area (Å²) in [5.41, 5.74) is 4.82. The molecule has 3 aromatic heterocycles. The molecule has 0 radical (unpaired) electrons. The molecule has 0 aliphatic rings. The Morgan fingerprint density at radius 3 is 2.74 bits per heavy atom. The van der Waals surface area contributed by atoms with Crippen LogP contribution in [0.5, 0.6) is 5.75 Å². The van der Waals surface area contributed by atoms with E-state index in [-0.39, 0.29) is 0 Å². The predicted molar refractivity (Wildman–Crippen MR) is 88.3 cm³/mol. The molecule has 0 spiro atoms. The number of imidazole rings is 1. The van der Waals surface area contributed by atoms with Gasteiger partial charge in [-0.05, 0) is 30.7 Å². The van der Waals surface area contributed by atoms with Gasteiger partial charge in [0.2, 0.25) is 0 Å². The van der Waals surface area contributed by atoms with Crippen molar-refractivity contribution in [3.05, 3.63) is 72.2 Å². The summed E-state index contributed by atoms with van der Waals surface area (Å²) in [6, 6.07) is 16.0. The first-order valence-corrected chi connectivity index (χ1v) is 7.47. The maximum atomic E-state index is 5.98. The Balaban J connectivity index is 1.73. The number of aromatic nitrogens is 4. The molecule has 4 rings (SSSR count). The summed E-state index contributed by atoms with van der Waals surface area (Å²) in [6.45, 7) is 2.51. The lowest BCUT2D eigenvalue weighted by Crippen LogP contribution is -1.98. The third-order valence-corrected chi connectivity index (χ3v) is 3.78. The largest absolute Gasteiger partial charge is 0.485 e. The second kappa shape index (κ2) is 5.61. The van der Waals surface area contributed by atoms with E-state index in [1.807, 2.05) is 66.1 Å². The molecule has 1 N–H and O–H groups in total. The summed E-state index contributed by atoms with van der Waals surface area (Å²) in [6.07, 6.45) is 3.73. The Kier molecular flexibility index (Phi) is 3.31. The van der Waals surface area contributed by atoms with Crippen LogP contribution in [0.4, 0.5) is 0 Å². The van der Waals surface area contributed by atoms with Gasteiger partial charge in [-0.15, -0.1) is 0 Å². The summed E-state index contributed by atoms with van der Waals surface area (Å²) in [5, 5.41) is 7.03. The zero-order valence-electron chi connectivity index (χ0n) is 12.7. The molecule has 23 heavy (non-hydrogen) atoms. The topological polar surface area (TPSA) is 55.2 Å². The van der Waals surface area contributed by atoms with E-state index < -0.39 is 0 Å². The third kappa shape index (κ3) is 2.46. The minimum Gasteiger partial charge on any atom is -0.485 e. The van der Waals surface area contributed by atoms with Gasteiger partial charge < -0.3 is 4.74 Å². The number of nitrogens with one attached hydrogen (secondary N) is 1. The van der Waals surface area contributed by atoms with Crippen molar-refractivity contribution in [3.63, 3.8) is 0 Å². The highest BCUT2D eigenvalue weighted by Gasteiger charge is 2.15. The first-order valence-electron chi connectivity index (χ1n) is 7.47. The molecular weight excluding hydrogens is 288 g/mol. The molecule has 0 saturated carbocycles. The van der Waals surface area contributed by atoms with Crippen molar-refractivity contribution in [2.75, 3.05) is 0 Å². The molecule has 0 bridgehead atoms. The molecule has 1 aromatic carbocycles. The lowest BCUT2D eigenvalue weighted by Gasteiger charge is -2.08. The number of H-pyrrole nitrogens is 1. The van der Waals surface area contributed by atoms with Crippen molar-refractivity contribution < 1.29 is 4.74 Å². The van der Waals surface area contributed by atoms with Gasteiger partial charge in [0.1, 0.15) is 6.61 Å². The van der Waals surface area contributed by atoms with Crippen molar-refractivity contribution in [2.24, 2.45) is 0 Å². The lowest BCUT2D eigenvalue weighted by atomic mass is 10.2. The summed E-state index contributed by atoms with van der Waals surface area (Å²) >= 11 is 0. The Morgan fingerprint density at radius 1 is 1.09 bits per heavy atom. The normalized spacial score (nSPS) is 11.0. The smallest absolute Gasteiger partial charge is 0.180 e. The Bertz CT molecular complexity index is 926. The minimum absolute atomic E-state index is 0.520. The van der Waals surface area contributed by atoms with Crippen LogP contribution in [0.15, 0.2) is 60.9 Å². The standard InChI is InChI=1S/C18H16N4O/c1-13-17(15-9-10-19-21-15)22-11-5-8-16(18(22)20-13)23-12-14-6-3-2-4-7-14/h2-11H,12H2,1H3,(H,19,21). The molecule has 0 aliphatic carbocycles. The second-order valence-corrected chi connectivity index (χ2v) is 5.36. The van der Waals surface area contributed by atoms with Crippen LogP contribution < -0.4 is 4.74 Å². The van der Waals surface area contributed by atoms with Crippen molar-refractivity contribution in [3.8, 4) is 17.1 Å². The van der Waals surface area contributed by atoms with Gasteiger partial charge in [-0.1, -0.05) is 30.3 Å². The van der Waals surface area contributed by atoms with Crippen LogP contribution in [-0.2, 0) is 6.61 Å². The average Bonchev–Trinajstić information content (AvgIpc) is 3.20. The molecule has 5 nitrogen and oxygen atoms in total. The number of rotatable bonds is 4. The van der Waals surface area contributed by atoms with Gasteiger partial charge in [0.15, 0.2) is 11.4 Å². The number of fused-ring (bicyclic) bond motifs is 1. The van der Waals surface area contributed by atoms with Gasteiger partial charge in [-0.3, -0.25) is 9.50 Å². The van der Waals surface area contributed by atoms with Crippen LogP contribution in [0.1, 0.15) is 11.3 Å². The molecular formula is C18H16N4O. The number of nitrogens with zero attached hydrogens (tertiary/aromatic N) is 3. The van der Waals surface area contributed by atoms with Crippen LogP contribution in [0, 0.1) is 6.92 Å². The maximum absolute atomic E-state index is 5.98. The Morgan fingerprint density at radius 2 is 1.96 bits per heavy atom. The molecule has 0 amide bonds.